The number of nitrogens with one attached hydrogen (secondary N) is 1. The van der Waals surface area contributed by atoms with Gasteiger partial charge in [0.05, 0.1) is 0 Å². The van der Waals surface area contributed by atoms with Crippen LogP contribution in [0.15, 0.2) is 18.2 Å². The predicted octanol–water partition coefficient (Wildman–Crippen LogP) is 3.23. The van der Waals surface area contributed by atoms with Crippen molar-refractivity contribution >= 4 is 0 Å². The van der Waals surface area contributed by atoms with Gasteiger partial charge in [-0.3, -0.25) is 0 Å². The molecule has 1 N–H and O–H groups in total. The summed E-state index contributed by atoms with van der Waals surface area (Å²) in [6, 6.07) is 5.61. The Bertz CT molecular complexity index is 307. The lowest BCUT2D eigenvalue weighted by Crippen LogP contribution is -2.12. The zero-order chi connectivity index (χ0) is 10.7. The van der Waals surface area contributed by atoms with Crippen molar-refractivity contribution in [3.63, 3.8) is 0 Å². The molecule has 1 rings (SSSR count). The van der Waals surface area contributed by atoms with E-state index in [0.29, 0.717) is 0 Å². The van der Waals surface area contributed by atoms with E-state index in [9.17, 15) is 4.39 Å². The maximum absolute atomic E-state index is 13.4. The second-order valence-electron chi connectivity index (χ2n) is 3.95. The first kappa shape index (κ1) is 11.2. The fourth-order valence-electron chi connectivity index (χ4n) is 1.44. The normalized spacial score (nSPS) is 13.3. The fraction of sp³-hybridized carbons (Fsp3) is 0.500. The molecule has 1 aromatic carbocycles. The van der Waals surface area contributed by atoms with Gasteiger partial charge in [-0.25, -0.2) is 4.39 Å². The quantitative estimate of drug-likeness (QED) is 0.780. The SMILES string of the molecule is CNC(C)c1ccc(F)c(C(C)C)c1. The summed E-state index contributed by atoms with van der Waals surface area (Å²) in [6.45, 7) is 6.08. The average Bonchev–Trinajstić information content (AvgIpc) is 2.17. The average molecular weight is 195 g/mol. The third kappa shape index (κ3) is 2.32. The van der Waals surface area contributed by atoms with E-state index in [1.165, 1.54) is 0 Å². The minimum Gasteiger partial charge on any atom is -0.313 e. The minimum atomic E-state index is -0.105. The predicted molar refractivity (Wildman–Crippen MR) is 58.0 cm³/mol. The van der Waals surface area contributed by atoms with E-state index in [-0.39, 0.29) is 17.8 Å². The molecule has 0 radical (unpaired) electrons. The van der Waals surface area contributed by atoms with E-state index in [2.05, 4.69) is 12.2 Å². The summed E-state index contributed by atoms with van der Waals surface area (Å²) in [5.41, 5.74) is 1.93. The molecule has 1 atom stereocenters. The Morgan fingerprint density at radius 1 is 1.21 bits per heavy atom. The van der Waals surface area contributed by atoms with Gasteiger partial charge in [-0.05, 0) is 37.1 Å². The van der Waals surface area contributed by atoms with Crippen molar-refractivity contribution < 1.29 is 4.39 Å². The second-order valence-corrected chi connectivity index (χ2v) is 3.95. The van der Waals surface area contributed by atoms with Crippen molar-refractivity contribution in [1.29, 1.82) is 0 Å². The molecular weight excluding hydrogens is 177 g/mol. The summed E-state index contributed by atoms with van der Waals surface area (Å²) in [5, 5.41) is 3.14. The molecule has 0 heterocycles. The van der Waals surface area contributed by atoms with E-state index in [0.717, 1.165) is 11.1 Å². The highest BCUT2D eigenvalue weighted by Gasteiger charge is 2.09. The number of rotatable bonds is 3. The first-order valence-electron chi connectivity index (χ1n) is 5.03. The zero-order valence-electron chi connectivity index (χ0n) is 9.26. The summed E-state index contributed by atoms with van der Waals surface area (Å²) < 4.78 is 13.4. The van der Waals surface area contributed by atoms with Gasteiger partial charge >= 0.3 is 0 Å². The Morgan fingerprint density at radius 3 is 2.36 bits per heavy atom. The summed E-state index contributed by atoms with van der Waals surface area (Å²) in [7, 11) is 1.91. The zero-order valence-corrected chi connectivity index (χ0v) is 9.26. The topological polar surface area (TPSA) is 12.0 Å². The molecule has 1 aromatic rings. The van der Waals surface area contributed by atoms with E-state index in [4.69, 9.17) is 0 Å². The van der Waals surface area contributed by atoms with Crippen LogP contribution in [0.2, 0.25) is 0 Å². The molecule has 0 bridgehead atoms. The van der Waals surface area contributed by atoms with Gasteiger partial charge in [-0.1, -0.05) is 26.0 Å². The van der Waals surface area contributed by atoms with E-state index in [1.807, 2.05) is 33.0 Å². The lowest BCUT2D eigenvalue weighted by atomic mass is 9.98. The Kier molecular flexibility index (Phi) is 3.64. The molecule has 0 amide bonds. The van der Waals surface area contributed by atoms with Crippen LogP contribution in [0.25, 0.3) is 0 Å². The lowest BCUT2D eigenvalue weighted by molar-refractivity contribution is 0.591. The Balaban J connectivity index is 3.06. The van der Waals surface area contributed by atoms with Crippen molar-refractivity contribution in [2.75, 3.05) is 7.05 Å². The van der Waals surface area contributed by atoms with Crippen LogP contribution < -0.4 is 5.32 Å². The maximum Gasteiger partial charge on any atom is 0.126 e. The van der Waals surface area contributed by atoms with Crippen molar-refractivity contribution in [2.45, 2.75) is 32.7 Å². The van der Waals surface area contributed by atoms with Crippen LogP contribution in [-0.2, 0) is 0 Å². The summed E-state index contributed by atoms with van der Waals surface area (Å²) in [4.78, 5) is 0. The standard InChI is InChI=1S/C12H18FN/c1-8(2)11-7-10(9(3)14-4)5-6-12(11)13/h5-9,14H,1-4H3. The van der Waals surface area contributed by atoms with Crippen LogP contribution in [-0.4, -0.2) is 7.05 Å². The third-order valence-corrected chi connectivity index (χ3v) is 2.58. The molecular formula is C12H18FN. The van der Waals surface area contributed by atoms with E-state index < -0.39 is 0 Å². The number of hydrogen-bond donors (Lipinski definition) is 1. The molecule has 0 fully saturated rings. The number of benzene rings is 1. The van der Waals surface area contributed by atoms with Gasteiger partial charge in [0.25, 0.3) is 0 Å². The molecule has 2 heteroatoms. The first-order valence-corrected chi connectivity index (χ1v) is 5.03. The Labute approximate surface area is 85.3 Å². The Hall–Kier alpha value is -0.890. The lowest BCUT2D eigenvalue weighted by Gasteiger charge is -2.14. The van der Waals surface area contributed by atoms with Crippen molar-refractivity contribution in [2.24, 2.45) is 0 Å². The first-order chi connectivity index (χ1) is 6.56. The van der Waals surface area contributed by atoms with Crippen LogP contribution in [0.1, 0.15) is 43.9 Å². The van der Waals surface area contributed by atoms with Crippen molar-refractivity contribution in [1.82, 2.24) is 5.32 Å². The number of hydrogen-bond acceptors (Lipinski definition) is 1. The molecule has 0 aliphatic rings. The van der Waals surface area contributed by atoms with Gasteiger partial charge in [0, 0.05) is 6.04 Å². The molecule has 0 saturated heterocycles. The highest BCUT2D eigenvalue weighted by molar-refractivity contribution is 5.29. The summed E-state index contributed by atoms with van der Waals surface area (Å²) in [5.74, 6) is 0.131. The molecule has 1 unspecified atom stereocenters. The monoisotopic (exact) mass is 195 g/mol. The van der Waals surface area contributed by atoms with Crippen LogP contribution >= 0.6 is 0 Å². The molecule has 0 aliphatic heterocycles. The summed E-state index contributed by atoms with van der Waals surface area (Å²) >= 11 is 0. The van der Waals surface area contributed by atoms with Gasteiger partial charge in [0.15, 0.2) is 0 Å². The maximum atomic E-state index is 13.4. The largest absolute Gasteiger partial charge is 0.313 e. The van der Waals surface area contributed by atoms with Gasteiger partial charge < -0.3 is 5.32 Å². The molecule has 1 nitrogen and oxygen atoms in total. The van der Waals surface area contributed by atoms with E-state index in [1.54, 1.807) is 6.07 Å². The Morgan fingerprint density at radius 2 is 1.86 bits per heavy atom. The third-order valence-electron chi connectivity index (χ3n) is 2.58. The van der Waals surface area contributed by atoms with Gasteiger partial charge in [0.1, 0.15) is 5.82 Å². The molecule has 0 spiro atoms. The molecule has 0 aromatic heterocycles. The van der Waals surface area contributed by atoms with Crippen LogP contribution in [0, 0.1) is 5.82 Å². The van der Waals surface area contributed by atoms with Crippen molar-refractivity contribution in [3.8, 4) is 0 Å². The van der Waals surface area contributed by atoms with Gasteiger partial charge in [0.2, 0.25) is 0 Å². The number of halogens is 1. The van der Waals surface area contributed by atoms with Gasteiger partial charge in [-0.2, -0.15) is 0 Å². The molecule has 14 heavy (non-hydrogen) atoms. The van der Waals surface area contributed by atoms with Crippen LogP contribution in [0.5, 0.6) is 0 Å². The highest BCUT2D eigenvalue weighted by Crippen LogP contribution is 2.22. The second kappa shape index (κ2) is 4.56. The van der Waals surface area contributed by atoms with Crippen LogP contribution in [0.3, 0.4) is 0 Å². The molecule has 0 aliphatic carbocycles. The molecule has 78 valence electrons. The highest BCUT2D eigenvalue weighted by atomic mass is 19.1. The summed E-state index contributed by atoms with van der Waals surface area (Å²) in [6.07, 6.45) is 0. The fourth-order valence-corrected chi connectivity index (χ4v) is 1.44. The van der Waals surface area contributed by atoms with E-state index >= 15 is 0 Å². The van der Waals surface area contributed by atoms with Gasteiger partial charge in [-0.15, -0.1) is 0 Å². The van der Waals surface area contributed by atoms with Crippen molar-refractivity contribution in [3.05, 3.63) is 35.1 Å². The van der Waals surface area contributed by atoms with Crippen LogP contribution in [0.4, 0.5) is 4.39 Å². The smallest absolute Gasteiger partial charge is 0.126 e. The molecule has 0 saturated carbocycles. The minimum absolute atomic E-state index is 0.105.